The van der Waals surface area contributed by atoms with Gasteiger partial charge in [0.15, 0.2) is 0 Å². The number of benzene rings is 2. The Morgan fingerprint density at radius 2 is 2.00 bits per heavy atom. The number of aryl methyl sites for hydroxylation is 1. The van der Waals surface area contributed by atoms with Gasteiger partial charge in [-0.3, -0.25) is 0 Å². The molecule has 3 heteroatoms. The predicted molar refractivity (Wildman–Crippen MR) is 121 cm³/mol. The Morgan fingerprint density at radius 1 is 1.25 bits per heavy atom. The third-order valence-electron chi connectivity index (χ3n) is 6.06. The van der Waals surface area contributed by atoms with Crippen molar-refractivity contribution in [1.29, 1.82) is 0 Å². The van der Waals surface area contributed by atoms with Gasteiger partial charge in [0, 0.05) is 15.6 Å². The molecule has 1 nitrogen and oxygen atoms in total. The highest BCUT2D eigenvalue weighted by Crippen LogP contribution is 2.46. The van der Waals surface area contributed by atoms with Gasteiger partial charge in [0.05, 0.1) is 0 Å². The van der Waals surface area contributed by atoms with E-state index in [0.717, 1.165) is 36.1 Å². The minimum atomic E-state index is 0.425. The molecule has 0 saturated heterocycles. The molecule has 0 amide bonds. The van der Waals surface area contributed by atoms with Gasteiger partial charge >= 0.3 is 0 Å². The Kier molecular flexibility index (Phi) is 6.58. The zero-order chi connectivity index (χ0) is 20.4. The highest BCUT2D eigenvalue weighted by atomic mass is 35.5. The Bertz CT molecular complexity index is 913. The Morgan fingerprint density at radius 3 is 2.64 bits per heavy atom. The molecule has 0 saturated carbocycles. The lowest BCUT2D eigenvalue weighted by atomic mass is 9.68. The maximum Gasteiger partial charge on any atom is 0.123 e. The third-order valence-corrected chi connectivity index (χ3v) is 6.65. The van der Waals surface area contributed by atoms with E-state index in [1.54, 1.807) is 6.07 Å². The van der Waals surface area contributed by atoms with E-state index in [2.05, 4.69) is 40.0 Å². The van der Waals surface area contributed by atoms with Crippen LogP contribution in [0.1, 0.15) is 53.5 Å². The molecular formula is C25H28Cl2O. The van der Waals surface area contributed by atoms with E-state index in [1.165, 1.54) is 22.3 Å². The van der Waals surface area contributed by atoms with Crippen LogP contribution in [0.5, 0.6) is 5.75 Å². The monoisotopic (exact) mass is 414 g/mol. The van der Waals surface area contributed by atoms with Crippen molar-refractivity contribution < 1.29 is 4.74 Å². The predicted octanol–water partition coefficient (Wildman–Crippen LogP) is 7.99. The molecule has 0 spiro atoms. The first-order valence-corrected chi connectivity index (χ1v) is 10.6. The zero-order valence-electron chi connectivity index (χ0n) is 16.9. The van der Waals surface area contributed by atoms with Crippen LogP contribution in [0, 0.1) is 19.8 Å². The summed E-state index contributed by atoms with van der Waals surface area (Å²) in [5, 5.41) is 1.27. The normalized spacial score (nSPS) is 18.5. The second-order valence-electron chi connectivity index (χ2n) is 7.67. The van der Waals surface area contributed by atoms with E-state index in [4.69, 9.17) is 27.9 Å². The molecule has 0 fully saturated rings. The first-order chi connectivity index (χ1) is 13.4. The number of rotatable bonds is 6. The third kappa shape index (κ3) is 4.02. The average molecular weight is 415 g/mol. The van der Waals surface area contributed by atoms with Crippen molar-refractivity contribution in [2.45, 2.75) is 52.6 Å². The summed E-state index contributed by atoms with van der Waals surface area (Å²) in [6.07, 6.45) is 5.22. The second kappa shape index (κ2) is 8.76. The summed E-state index contributed by atoms with van der Waals surface area (Å²) in [5.74, 6) is 1.84. The van der Waals surface area contributed by atoms with Crippen LogP contribution in [0.3, 0.4) is 0 Å². The van der Waals surface area contributed by atoms with Gasteiger partial charge in [0.2, 0.25) is 0 Å². The van der Waals surface area contributed by atoms with Gasteiger partial charge in [0.1, 0.15) is 12.4 Å². The summed E-state index contributed by atoms with van der Waals surface area (Å²) in [7, 11) is 0. The standard InChI is InChI=1S/C25H28Cl2O/c1-6-15(3)21-10-11-22-16(4)12-24(17(5)25(22)20(21)7-2)28-14-18-8-9-19(26)13-23(18)27/h6,8-9,12-13,20-21H,1,3,7,10-11,14H2,2,4-5H3/t20-,21+/m1/s1. The minimum Gasteiger partial charge on any atom is -0.489 e. The van der Waals surface area contributed by atoms with Crippen molar-refractivity contribution >= 4 is 23.2 Å². The number of hydrogen-bond donors (Lipinski definition) is 0. The molecule has 28 heavy (non-hydrogen) atoms. The van der Waals surface area contributed by atoms with E-state index >= 15 is 0 Å². The summed E-state index contributed by atoms with van der Waals surface area (Å²) >= 11 is 12.3. The summed E-state index contributed by atoms with van der Waals surface area (Å²) in [4.78, 5) is 0. The number of ether oxygens (including phenoxy) is 1. The summed E-state index contributed by atoms with van der Waals surface area (Å²) in [6.45, 7) is 15.3. The molecule has 1 aliphatic carbocycles. The van der Waals surface area contributed by atoms with Crippen molar-refractivity contribution in [2.75, 3.05) is 0 Å². The molecular weight excluding hydrogens is 387 g/mol. The highest BCUT2D eigenvalue weighted by Gasteiger charge is 2.32. The maximum absolute atomic E-state index is 6.31. The van der Waals surface area contributed by atoms with Gasteiger partial charge in [-0.25, -0.2) is 0 Å². The molecule has 2 aromatic carbocycles. The van der Waals surface area contributed by atoms with Crippen LogP contribution in [0.4, 0.5) is 0 Å². The van der Waals surface area contributed by atoms with Crippen LogP contribution < -0.4 is 4.74 Å². The van der Waals surface area contributed by atoms with Crippen LogP contribution in [0.25, 0.3) is 0 Å². The van der Waals surface area contributed by atoms with Crippen molar-refractivity contribution in [3.05, 3.63) is 86.9 Å². The van der Waals surface area contributed by atoms with Gasteiger partial charge in [-0.2, -0.15) is 0 Å². The summed E-state index contributed by atoms with van der Waals surface area (Å²) in [5.41, 5.74) is 7.55. The Hall–Kier alpha value is -1.70. The van der Waals surface area contributed by atoms with Crippen molar-refractivity contribution in [1.82, 2.24) is 0 Å². The van der Waals surface area contributed by atoms with E-state index in [1.807, 2.05) is 18.2 Å². The number of hydrogen-bond acceptors (Lipinski definition) is 1. The molecule has 0 heterocycles. The molecule has 148 valence electrons. The number of allylic oxidation sites excluding steroid dienone is 2. The molecule has 0 N–H and O–H groups in total. The zero-order valence-corrected chi connectivity index (χ0v) is 18.5. The molecule has 0 bridgehead atoms. The Labute approximate surface area is 179 Å². The molecule has 0 radical (unpaired) electrons. The van der Waals surface area contributed by atoms with Crippen LogP contribution in [0.2, 0.25) is 10.0 Å². The topological polar surface area (TPSA) is 9.23 Å². The smallest absolute Gasteiger partial charge is 0.123 e. The molecule has 0 unspecified atom stereocenters. The number of halogens is 2. The lowest BCUT2D eigenvalue weighted by Gasteiger charge is -2.36. The summed E-state index contributed by atoms with van der Waals surface area (Å²) in [6, 6.07) is 7.69. The lowest BCUT2D eigenvalue weighted by molar-refractivity contribution is 0.301. The molecule has 2 atom stereocenters. The molecule has 0 aliphatic heterocycles. The average Bonchev–Trinajstić information content (AvgIpc) is 2.68. The first-order valence-electron chi connectivity index (χ1n) is 9.88. The van der Waals surface area contributed by atoms with Gasteiger partial charge in [-0.15, -0.1) is 0 Å². The van der Waals surface area contributed by atoms with E-state index < -0.39 is 0 Å². The lowest BCUT2D eigenvalue weighted by Crippen LogP contribution is -2.23. The van der Waals surface area contributed by atoms with Crippen molar-refractivity contribution in [3.8, 4) is 5.75 Å². The molecule has 2 aromatic rings. The van der Waals surface area contributed by atoms with Gasteiger partial charge in [-0.1, -0.05) is 61.0 Å². The van der Waals surface area contributed by atoms with Crippen molar-refractivity contribution in [3.63, 3.8) is 0 Å². The fourth-order valence-corrected chi connectivity index (χ4v) is 4.99. The quantitative estimate of drug-likeness (QED) is 0.435. The maximum atomic E-state index is 6.31. The van der Waals surface area contributed by atoms with Crippen LogP contribution in [0.15, 0.2) is 49.1 Å². The van der Waals surface area contributed by atoms with E-state index in [9.17, 15) is 0 Å². The fraction of sp³-hybridized carbons (Fsp3) is 0.360. The first kappa shape index (κ1) is 21.0. The SMILES string of the molecule is C=CC(=C)[C@@H]1CCc2c(C)cc(OCc3ccc(Cl)cc3Cl)c(C)c2[C@@H]1CC. The molecule has 1 aliphatic rings. The minimum absolute atomic E-state index is 0.425. The van der Waals surface area contributed by atoms with Crippen LogP contribution in [-0.2, 0) is 13.0 Å². The van der Waals surface area contributed by atoms with Crippen LogP contribution in [-0.4, -0.2) is 0 Å². The van der Waals surface area contributed by atoms with Gasteiger partial charge in [-0.05, 0) is 85.4 Å². The largest absolute Gasteiger partial charge is 0.489 e. The second-order valence-corrected chi connectivity index (χ2v) is 8.52. The van der Waals surface area contributed by atoms with E-state index in [-0.39, 0.29) is 0 Å². The van der Waals surface area contributed by atoms with Crippen molar-refractivity contribution in [2.24, 2.45) is 5.92 Å². The van der Waals surface area contributed by atoms with Gasteiger partial charge < -0.3 is 4.74 Å². The molecule has 3 rings (SSSR count). The highest BCUT2D eigenvalue weighted by molar-refractivity contribution is 6.35. The molecule has 0 aromatic heterocycles. The van der Waals surface area contributed by atoms with Crippen LogP contribution >= 0.6 is 23.2 Å². The van der Waals surface area contributed by atoms with E-state index in [0.29, 0.717) is 28.5 Å². The summed E-state index contributed by atoms with van der Waals surface area (Å²) < 4.78 is 6.24. The number of fused-ring (bicyclic) bond motifs is 1. The Balaban J connectivity index is 1.96. The fourth-order valence-electron chi connectivity index (χ4n) is 4.53. The van der Waals surface area contributed by atoms with Gasteiger partial charge in [0.25, 0.3) is 0 Å².